The van der Waals surface area contributed by atoms with E-state index in [-0.39, 0.29) is 6.04 Å². The van der Waals surface area contributed by atoms with Crippen molar-refractivity contribution in [3.8, 4) is 0 Å². The summed E-state index contributed by atoms with van der Waals surface area (Å²) in [6.45, 7) is 3.10. The first-order chi connectivity index (χ1) is 9.70. The maximum atomic E-state index is 3.64. The van der Waals surface area contributed by atoms with Crippen LogP contribution in [0.4, 0.5) is 0 Å². The number of hydrogen-bond acceptors (Lipinski definition) is 3. The molecule has 3 rings (SSSR count). The van der Waals surface area contributed by atoms with Crippen LogP contribution in [0.2, 0.25) is 0 Å². The highest BCUT2D eigenvalue weighted by atomic mass is 79.9. The zero-order chi connectivity index (χ0) is 14.1. The molecule has 3 aromatic rings. The molecule has 1 nitrogen and oxygen atoms in total. The number of fused-ring (bicyclic) bond motifs is 1. The van der Waals surface area contributed by atoms with Crippen LogP contribution in [0.5, 0.6) is 0 Å². The first-order valence-corrected chi connectivity index (χ1v) is 9.68. The van der Waals surface area contributed by atoms with E-state index in [0.29, 0.717) is 0 Å². The number of rotatable bonds is 4. The maximum absolute atomic E-state index is 3.64. The van der Waals surface area contributed by atoms with Gasteiger partial charge in [0.2, 0.25) is 0 Å². The molecule has 20 heavy (non-hydrogen) atoms. The quantitative estimate of drug-likeness (QED) is 0.520. The van der Waals surface area contributed by atoms with Crippen LogP contribution in [0, 0.1) is 0 Å². The van der Waals surface area contributed by atoms with Gasteiger partial charge in [-0.25, -0.2) is 0 Å². The van der Waals surface area contributed by atoms with E-state index >= 15 is 0 Å². The van der Waals surface area contributed by atoms with Crippen LogP contribution in [0.3, 0.4) is 0 Å². The van der Waals surface area contributed by atoms with E-state index in [1.54, 1.807) is 22.7 Å². The van der Waals surface area contributed by atoms with Gasteiger partial charge in [-0.2, -0.15) is 0 Å². The molecule has 1 unspecified atom stereocenters. The molecule has 0 saturated heterocycles. The highest BCUT2D eigenvalue weighted by molar-refractivity contribution is 9.11. The van der Waals surface area contributed by atoms with Gasteiger partial charge in [0.05, 0.1) is 9.83 Å². The second kappa shape index (κ2) is 6.28. The van der Waals surface area contributed by atoms with Crippen LogP contribution in [-0.4, -0.2) is 6.54 Å². The van der Waals surface area contributed by atoms with Gasteiger partial charge >= 0.3 is 0 Å². The minimum absolute atomic E-state index is 0.255. The molecular weight excluding hydrogens is 418 g/mol. The Hall–Kier alpha value is -0.200. The van der Waals surface area contributed by atoms with Crippen molar-refractivity contribution in [2.24, 2.45) is 0 Å². The molecule has 0 radical (unpaired) electrons. The van der Waals surface area contributed by atoms with Gasteiger partial charge in [0.15, 0.2) is 0 Å². The van der Waals surface area contributed by atoms with E-state index in [0.717, 1.165) is 6.54 Å². The summed E-state index contributed by atoms with van der Waals surface area (Å²) in [6.07, 6.45) is 0. The monoisotopic (exact) mass is 429 g/mol. The van der Waals surface area contributed by atoms with Crippen LogP contribution in [0.25, 0.3) is 10.1 Å². The number of thiophene rings is 2. The largest absolute Gasteiger partial charge is 0.306 e. The third kappa shape index (κ3) is 2.74. The van der Waals surface area contributed by atoms with Crippen LogP contribution < -0.4 is 5.32 Å². The summed E-state index contributed by atoms with van der Waals surface area (Å²) in [5.74, 6) is 0. The summed E-state index contributed by atoms with van der Waals surface area (Å²) in [4.78, 5) is 0. The van der Waals surface area contributed by atoms with E-state index < -0.39 is 0 Å². The Labute approximate surface area is 143 Å². The Kier molecular flexibility index (Phi) is 4.62. The first kappa shape index (κ1) is 14.7. The van der Waals surface area contributed by atoms with E-state index in [9.17, 15) is 0 Å². The second-order valence-corrected chi connectivity index (χ2v) is 8.51. The van der Waals surface area contributed by atoms with Crippen molar-refractivity contribution in [2.75, 3.05) is 6.54 Å². The number of halogens is 2. The van der Waals surface area contributed by atoms with Gasteiger partial charge in [-0.1, -0.05) is 19.1 Å². The van der Waals surface area contributed by atoms with Gasteiger partial charge in [0, 0.05) is 9.17 Å². The molecule has 0 bridgehead atoms. The molecule has 2 aromatic heterocycles. The molecule has 1 aromatic carbocycles. The Morgan fingerprint density at radius 2 is 2.05 bits per heavy atom. The predicted molar refractivity (Wildman–Crippen MR) is 97.1 cm³/mol. The zero-order valence-electron chi connectivity index (χ0n) is 10.8. The highest BCUT2D eigenvalue weighted by Gasteiger charge is 2.19. The molecule has 0 amide bonds. The van der Waals surface area contributed by atoms with Crippen molar-refractivity contribution in [1.82, 2.24) is 5.32 Å². The van der Waals surface area contributed by atoms with Gasteiger partial charge in [-0.3, -0.25) is 0 Å². The predicted octanol–water partition coefficient (Wildman–Crippen LogP) is 6.19. The molecule has 2 heterocycles. The van der Waals surface area contributed by atoms with Crippen LogP contribution in [0.1, 0.15) is 24.1 Å². The van der Waals surface area contributed by atoms with Gasteiger partial charge in [-0.15, -0.1) is 22.7 Å². The SMILES string of the molecule is CCNC(c1csc(Br)c1)c1csc2c(Br)cccc12. The standard InChI is InChI=1S/C15H13Br2NS2/c1-2-18-14(9-6-13(17)19-7-9)11-8-20-15-10(11)4-3-5-12(15)16/h3-8,14,18H,2H2,1H3. The minimum atomic E-state index is 0.255. The molecule has 104 valence electrons. The number of nitrogens with one attached hydrogen (secondary N) is 1. The van der Waals surface area contributed by atoms with Gasteiger partial charge in [0.25, 0.3) is 0 Å². The third-order valence-electron chi connectivity index (χ3n) is 3.22. The van der Waals surface area contributed by atoms with E-state index in [4.69, 9.17) is 0 Å². The zero-order valence-corrected chi connectivity index (χ0v) is 15.6. The highest BCUT2D eigenvalue weighted by Crippen LogP contribution is 2.38. The lowest BCUT2D eigenvalue weighted by Crippen LogP contribution is -2.21. The van der Waals surface area contributed by atoms with Crippen molar-refractivity contribution in [1.29, 1.82) is 0 Å². The lowest BCUT2D eigenvalue weighted by Gasteiger charge is -2.16. The van der Waals surface area contributed by atoms with Gasteiger partial charge in [-0.05, 0) is 77.8 Å². The summed E-state index contributed by atoms with van der Waals surface area (Å²) >= 11 is 10.7. The smallest absolute Gasteiger partial charge is 0.0701 e. The van der Waals surface area contributed by atoms with Crippen molar-refractivity contribution < 1.29 is 0 Å². The van der Waals surface area contributed by atoms with E-state index in [1.165, 1.54) is 29.5 Å². The fraction of sp³-hybridized carbons (Fsp3) is 0.200. The normalized spacial score (nSPS) is 12.9. The lowest BCUT2D eigenvalue weighted by molar-refractivity contribution is 0.637. The minimum Gasteiger partial charge on any atom is -0.306 e. The Bertz CT molecular complexity index is 732. The fourth-order valence-corrected chi connectivity index (χ4v) is 5.20. The van der Waals surface area contributed by atoms with Crippen LogP contribution in [0.15, 0.2) is 43.3 Å². The fourth-order valence-electron chi connectivity index (χ4n) is 2.35. The summed E-state index contributed by atoms with van der Waals surface area (Å²) in [6, 6.07) is 8.88. The molecule has 5 heteroatoms. The van der Waals surface area contributed by atoms with Gasteiger partial charge in [0.1, 0.15) is 0 Å². The van der Waals surface area contributed by atoms with Gasteiger partial charge < -0.3 is 5.32 Å². The average molecular weight is 431 g/mol. The first-order valence-electron chi connectivity index (χ1n) is 6.33. The van der Waals surface area contributed by atoms with E-state index in [1.807, 2.05) is 0 Å². The van der Waals surface area contributed by atoms with E-state index in [2.05, 4.69) is 79.1 Å². The number of benzene rings is 1. The molecule has 1 N–H and O–H groups in total. The van der Waals surface area contributed by atoms with Crippen molar-refractivity contribution in [2.45, 2.75) is 13.0 Å². The van der Waals surface area contributed by atoms with Crippen LogP contribution >= 0.6 is 54.5 Å². The molecule has 0 fully saturated rings. The Balaban J connectivity index is 2.12. The van der Waals surface area contributed by atoms with Crippen molar-refractivity contribution in [3.63, 3.8) is 0 Å². The lowest BCUT2D eigenvalue weighted by atomic mass is 10.0. The number of hydrogen-bond donors (Lipinski definition) is 1. The second-order valence-electron chi connectivity index (χ2n) is 4.48. The molecule has 0 aliphatic heterocycles. The summed E-state index contributed by atoms with van der Waals surface area (Å²) < 4.78 is 3.67. The average Bonchev–Trinajstić information content (AvgIpc) is 3.04. The molecule has 0 saturated carbocycles. The maximum Gasteiger partial charge on any atom is 0.0701 e. The Morgan fingerprint density at radius 3 is 2.75 bits per heavy atom. The van der Waals surface area contributed by atoms with Crippen molar-refractivity contribution >= 4 is 64.6 Å². The van der Waals surface area contributed by atoms with Crippen molar-refractivity contribution in [3.05, 3.63) is 54.4 Å². The Morgan fingerprint density at radius 1 is 1.20 bits per heavy atom. The summed E-state index contributed by atoms with van der Waals surface area (Å²) in [5, 5.41) is 9.43. The molecule has 0 aliphatic carbocycles. The summed E-state index contributed by atoms with van der Waals surface area (Å²) in [7, 11) is 0. The van der Waals surface area contributed by atoms with Crippen LogP contribution in [-0.2, 0) is 0 Å². The molecular formula is C15H13Br2NS2. The topological polar surface area (TPSA) is 12.0 Å². The molecule has 0 aliphatic rings. The summed E-state index contributed by atoms with van der Waals surface area (Å²) in [5.41, 5.74) is 2.68. The third-order valence-corrected chi connectivity index (χ3v) is 6.72. The molecule has 0 spiro atoms. The molecule has 1 atom stereocenters.